The number of hydrogen-bond acceptors (Lipinski definition) is 1. The Hall–Kier alpha value is -1.94. The van der Waals surface area contributed by atoms with Gasteiger partial charge in [0.1, 0.15) is 5.82 Å². The number of rotatable bonds is 3. The maximum absolute atomic E-state index is 13.4. The van der Waals surface area contributed by atoms with E-state index in [0.29, 0.717) is 4.48 Å². The predicted molar refractivity (Wildman–Crippen MR) is 78.4 cm³/mol. The van der Waals surface area contributed by atoms with E-state index in [1.807, 2.05) is 30.3 Å². The highest BCUT2D eigenvalue weighted by Crippen LogP contribution is 2.17. The van der Waals surface area contributed by atoms with Gasteiger partial charge in [-0.15, -0.1) is 0 Å². The van der Waals surface area contributed by atoms with Gasteiger partial charge in [0.05, 0.1) is 10.2 Å². The van der Waals surface area contributed by atoms with Gasteiger partial charge in [0.25, 0.3) is 5.91 Å². The Morgan fingerprint density at radius 2 is 1.68 bits per heavy atom. The van der Waals surface area contributed by atoms with Gasteiger partial charge in [0.2, 0.25) is 0 Å². The molecule has 0 fully saturated rings. The molecule has 0 bridgehead atoms. The number of carbonyl (C=O) groups is 1. The molecular weight excluding hydrogens is 309 g/mol. The van der Waals surface area contributed by atoms with E-state index in [4.69, 9.17) is 0 Å². The summed E-state index contributed by atoms with van der Waals surface area (Å²) >= 11 is 3.19. The molecule has 0 saturated carbocycles. The van der Waals surface area contributed by atoms with E-state index in [-0.39, 0.29) is 5.69 Å². The van der Waals surface area contributed by atoms with E-state index in [1.54, 1.807) is 18.2 Å². The lowest BCUT2D eigenvalue weighted by Gasteiger charge is -2.05. The zero-order chi connectivity index (χ0) is 13.7. The lowest BCUT2D eigenvalue weighted by molar-refractivity contribution is -0.112. The average molecular weight is 320 g/mol. The predicted octanol–water partition coefficient (Wildman–Crippen LogP) is 4.20. The zero-order valence-corrected chi connectivity index (χ0v) is 11.5. The lowest BCUT2D eigenvalue weighted by Crippen LogP contribution is -2.12. The van der Waals surface area contributed by atoms with Gasteiger partial charge in [0, 0.05) is 0 Å². The quantitative estimate of drug-likeness (QED) is 0.844. The summed E-state index contributed by atoms with van der Waals surface area (Å²) in [5.74, 6) is -0.857. The Morgan fingerprint density at radius 1 is 1.05 bits per heavy atom. The summed E-state index contributed by atoms with van der Waals surface area (Å²) in [6.45, 7) is 0. The van der Waals surface area contributed by atoms with Gasteiger partial charge in [0.15, 0.2) is 0 Å². The molecule has 96 valence electrons. The summed E-state index contributed by atoms with van der Waals surface area (Å²) in [6, 6.07) is 15.4. The van der Waals surface area contributed by atoms with Gasteiger partial charge in [-0.1, -0.05) is 42.5 Å². The molecule has 0 aromatic heterocycles. The number of hydrogen-bond donors (Lipinski definition) is 1. The average Bonchev–Trinajstić information content (AvgIpc) is 2.42. The van der Waals surface area contributed by atoms with E-state index in [9.17, 15) is 9.18 Å². The van der Waals surface area contributed by atoms with Crippen molar-refractivity contribution in [3.63, 3.8) is 0 Å². The van der Waals surface area contributed by atoms with Crippen LogP contribution in [0.1, 0.15) is 5.56 Å². The maximum Gasteiger partial charge on any atom is 0.262 e. The Bertz CT molecular complexity index is 611. The monoisotopic (exact) mass is 319 g/mol. The van der Waals surface area contributed by atoms with Gasteiger partial charge >= 0.3 is 0 Å². The third-order valence-corrected chi connectivity index (χ3v) is 3.02. The SMILES string of the molecule is O=C(Nc1ccccc1F)/C(Br)=C/c1ccccc1. The van der Waals surface area contributed by atoms with E-state index in [2.05, 4.69) is 21.2 Å². The molecule has 2 aromatic carbocycles. The molecule has 2 rings (SSSR count). The molecule has 0 unspecified atom stereocenters. The van der Waals surface area contributed by atoms with Crippen LogP contribution in [-0.2, 0) is 4.79 Å². The summed E-state index contributed by atoms with van der Waals surface area (Å²) < 4.78 is 13.7. The van der Waals surface area contributed by atoms with Crippen molar-refractivity contribution in [3.8, 4) is 0 Å². The summed E-state index contributed by atoms with van der Waals surface area (Å²) in [5, 5.41) is 2.50. The van der Waals surface area contributed by atoms with Crippen molar-refractivity contribution >= 4 is 33.6 Å². The molecule has 0 aliphatic rings. The number of benzene rings is 2. The third-order valence-electron chi connectivity index (χ3n) is 2.43. The highest BCUT2D eigenvalue weighted by atomic mass is 79.9. The molecule has 0 aliphatic heterocycles. The first-order valence-corrected chi connectivity index (χ1v) is 6.44. The largest absolute Gasteiger partial charge is 0.319 e. The van der Waals surface area contributed by atoms with E-state index in [1.165, 1.54) is 12.1 Å². The molecule has 4 heteroatoms. The van der Waals surface area contributed by atoms with Crippen LogP contribution >= 0.6 is 15.9 Å². The second kappa shape index (κ2) is 6.29. The Balaban J connectivity index is 2.12. The molecular formula is C15H11BrFNO. The van der Waals surface area contributed by atoms with Crippen LogP contribution in [0.15, 0.2) is 59.1 Å². The standard InChI is InChI=1S/C15H11BrFNO/c16-12(10-11-6-2-1-3-7-11)15(19)18-14-9-5-4-8-13(14)17/h1-10H,(H,18,19)/b12-10-. The number of halogens is 2. The van der Waals surface area contributed by atoms with Crippen LogP contribution in [-0.4, -0.2) is 5.91 Å². The molecule has 0 heterocycles. The number of amides is 1. The number of anilines is 1. The second-order valence-corrected chi connectivity index (χ2v) is 4.69. The van der Waals surface area contributed by atoms with Crippen molar-refractivity contribution < 1.29 is 9.18 Å². The Labute approximate surface area is 119 Å². The summed E-state index contributed by atoms with van der Waals surface area (Å²) in [6.07, 6.45) is 1.68. The van der Waals surface area contributed by atoms with Gasteiger partial charge in [-0.05, 0) is 39.7 Å². The van der Waals surface area contributed by atoms with Crippen LogP contribution in [0.25, 0.3) is 6.08 Å². The number of para-hydroxylation sites is 1. The highest BCUT2D eigenvalue weighted by molar-refractivity contribution is 9.12. The van der Waals surface area contributed by atoms with Crippen molar-refractivity contribution in [1.29, 1.82) is 0 Å². The van der Waals surface area contributed by atoms with Gasteiger partial charge in [-0.3, -0.25) is 4.79 Å². The lowest BCUT2D eigenvalue weighted by atomic mass is 10.2. The molecule has 0 saturated heterocycles. The van der Waals surface area contributed by atoms with Crippen molar-refractivity contribution in [2.45, 2.75) is 0 Å². The first kappa shape index (κ1) is 13.5. The minimum atomic E-state index is -0.462. The summed E-state index contributed by atoms with van der Waals surface area (Å²) in [4.78, 5) is 11.9. The van der Waals surface area contributed by atoms with Crippen LogP contribution in [0.5, 0.6) is 0 Å². The fourth-order valence-corrected chi connectivity index (χ4v) is 1.87. The van der Waals surface area contributed by atoms with Crippen molar-refractivity contribution in [3.05, 3.63) is 70.5 Å². The molecule has 2 aromatic rings. The van der Waals surface area contributed by atoms with E-state index < -0.39 is 11.7 Å². The smallest absolute Gasteiger partial charge is 0.262 e. The molecule has 2 nitrogen and oxygen atoms in total. The first-order valence-electron chi connectivity index (χ1n) is 5.65. The second-order valence-electron chi connectivity index (χ2n) is 3.84. The third kappa shape index (κ3) is 3.76. The number of carbonyl (C=O) groups excluding carboxylic acids is 1. The van der Waals surface area contributed by atoms with Crippen molar-refractivity contribution in [2.24, 2.45) is 0 Å². The molecule has 0 atom stereocenters. The fraction of sp³-hybridized carbons (Fsp3) is 0. The Morgan fingerprint density at radius 3 is 2.37 bits per heavy atom. The molecule has 0 aliphatic carbocycles. The molecule has 1 N–H and O–H groups in total. The van der Waals surface area contributed by atoms with Crippen LogP contribution in [0.2, 0.25) is 0 Å². The highest BCUT2D eigenvalue weighted by Gasteiger charge is 2.09. The van der Waals surface area contributed by atoms with Crippen LogP contribution < -0.4 is 5.32 Å². The molecule has 0 spiro atoms. The summed E-state index contributed by atoms with van der Waals surface area (Å²) in [7, 11) is 0. The topological polar surface area (TPSA) is 29.1 Å². The molecule has 0 radical (unpaired) electrons. The van der Waals surface area contributed by atoms with Crippen molar-refractivity contribution in [2.75, 3.05) is 5.32 Å². The van der Waals surface area contributed by atoms with Gasteiger partial charge in [-0.2, -0.15) is 0 Å². The maximum atomic E-state index is 13.4. The molecule has 1 amide bonds. The van der Waals surface area contributed by atoms with E-state index in [0.717, 1.165) is 5.56 Å². The van der Waals surface area contributed by atoms with Crippen molar-refractivity contribution in [1.82, 2.24) is 0 Å². The minimum Gasteiger partial charge on any atom is -0.319 e. The first-order chi connectivity index (χ1) is 9.16. The Kier molecular flexibility index (Phi) is 4.47. The fourth-order valence-electron chi connectivity index (χ4n) is 1.51. The van der Waals surface area contributed by atoms with E-state index >= 15 is 0 Å². The number of nitrogens with one attached hydrogen (secondary N) is 1. The van der Waals surface area contributed by atoms with Crippen LogP contribution in [0.3, 0.4) is 0 Å². The van der Waals surface area contributed by atoms with Gasteiger partial charge in [-0.25, -0.2) is 4.39 Å². The minimum absolute atomic E-state index is 0.158. The van der Waals surface area contributed by atoms with Crippen LogP contribution in [0, 0.1) is 5.82 Å². The van der Waals surface area contributed by atoms with Gasteiger partial charge < -0.3 is 5.32 Å². The summed E-state index contributed by atoms with van der Waals surface area (Å²) in [5.41, 5.74) is 1.05. The molecule has 19 heavy (non-hydrogen) atoms. The van der Waals surface area contributed by atoms with Crippen LogP contribution in [0.4, 0.5) is 10.1 Å². The normalized spacial score (nSPS) is 11.2. The zero-order valence-electron chi connectivity index (χ0n) is 9.94.